The van der Waals surface area contributed by atoms with E-state index in [1.54, 1.807) is 12.1 Å². The van der Waals surface area contributed by atoms with Gasteiger partial charge >= 0.3 is 0 Å². The number of rotatable bonds is 8. The van der Waals surface area contributed by atoms with Gasteiger partial charge in [-0.1, -0.05) is 57.2 Å². The molecule has 0 unspecified atom stereocenters. The fraction of sp³-hybridized carbons (Fsp3) is 0.400. The Balaban J connectivity index is 1.89. The topological polar surface area (TPSA) is 48.1 Å². The molecule has 0 spiro atoms. The summed E-state index contributed by atoms with van der Waals surface area (Å²) in [5, 5.41) is 13.2. The zero-order valence-corrected chi connectivity index (χ0v) is 14.2. The second-order valence-electron chi connectivity index (χ2n) is 6.40. The number of benzene rings is 2. The molecule has 24 heavy (non-hydrogen) atoms. The van der Waals surface area contributed by atoms with Crippen molar-refractivity contribution in [1.82, 2.24) is 4.57 Å². The smallest absolute Gasteiger partial charge is 0.270 e. The largest absolute Gasteiger partial charge is 0.340 e. The van der Waals surface area contributed by atoms with E-state index in [1.807, 2.05) is 18.2 Å². The summed E-state index contributed by atoms with van der Waals surface area (Å²) in [4.78, 5) is 10.8. The summed E-state index contributed by atoms with van der Waals surface area (Å²) >= 11 is 0. The van der Waals surface area contributed by atoms with Crippen molar-refractivity contribution in [1.29, 1.82) is 0 Å². The van der Waals surface area contributed by atoms with E-state index in [1.165, 1.54) is 37.6 Å². The van der Waals surface area contributed by atoms with Crippen molar-refractivity contribution in [2.24, 2.45) is 0 Å². The average molecular weight is 324 g/mol. The molecule has 3 aromatic rings. The van der Waals surface area contributed by atoms with E-state index < -0.39 is 0 Å². The molecule has 126 valence electrons. The minimum atomic E-state index is -0.320. The lowest BCUT2D eigenvalue weighted by Gasteiger charge is -2.07. The first-order valence-electron chi connectivity index (χ1n) is 8.87. The van der Waals surface area contributed by atoms with Crippen LogP contribution in [0.1, 0.15) is 45.4 Å². The highest BCUT2D eigenvalue weighted by molar-refractivity contribution is 6.08. The Hall–Kier alpha value is -2.36. The molecule has 0 radical (unpaired) electrons. The molecule has 4 nitrogen and oxygen atoms in total. The van der Waals surface area contributed by atoms with E-state index in [0.717, 1.165) is 29.3 Å². The van der Waals surface area contributed by atoms with Crippen molar-refractivity contribution in [3.05, 3.63) is 52.6 Å². The molecule has 1 heterocycles. The van der Waals surface area contributed by atoms with Crippen molar-refractivity contribution in [3.63, 3.8) is 0 Å². The molecular formula is C20H24N2O2. The Bertz CT molecular complexity index is 851. The number of nitro groups is 1. The maximum absolute atomic E-state index is 11.1. The summed E-state index contributed by atoms with van der Waals surface area (Å²) in [6.45, 7) is 3.20. The van der Waals surface area contributed by atoms with E-state index in [-0.39, 0.29) is 10.6 Å². The van der Waals surface area contributed by atoms with Gasteiger partial charge in [0.25, 0.3) is 5.69 Å². The van der Waals surface area contributed by atoms with Crippen LogP contribution in [0.2, 0.25) is 0 Å². The number of hydrogen-bond acceptors (Lipinski definition) is 2. The summed E-state index contributed by atoms with van der Waals surface area (Å²) in [6, 6.07) is 13.4. The van der Waals surface area contributed by atoms with Crippen LogP contribution >= 0.6 is 0 Å². The summed E-state index contributed by atoms with van der Waals surface area (Å²) in [6.07, 6.45) is 7.58. The van der Waals surface area contributed by atoms with Crippen molar-refractivity contribution in [2.75, 3.05) is 0 Å². The van der Waals surface area contributed by atoms with Gasteiger partial charge < -0.3 is 4.57 Å². The third-order valence-corrected chi connectivity index (χ3v) is 4.70. The first kappa shape index (κ1) is 16.5. The standard InChI is InChI=1S/C20H24N2O2/c1-2-3-4-5-6-9-14-21-19-11-8-7-10-17(19)18-15-16(22(23)24)12-13-20(18)21/h7-8,10-13,15H,2-6,9,14H2,1H3. The van der Waals surface area contributed by atoms with Crippen LogP contribution < -0.4 is 0 Å². The summed E-state index contributed by atoms with van der Waals surface area (Å²) in [5.41, 5.74) is 2.42. The van der Waals surface area contributed by atoms with E-state index in [2.05, 4.69) is 23.6 Å². The summed E-state index contributed by atoms with van der Waals surface area (Å²) in [5.74, 6) is 0. The zero-order chi connectivity index (χ0) is 16.9. The second kappa shape index (κ2) is 7.47. The number of hydrogen-bond donors (Lipinski definition) is 0. The molecule has 4 heteroatoms. The second-order valence-corrected chi connectivity index (χ2v) is 6.40. The van der Waals surface area contributed by atoms with Crippen LogP contribution in [-0.4, -0.2) is 9.49 Å². The molecule has 3 rings (SSSR count). The van der Waals surface area contributed by atoms with Gasteiger partial charge in [0, 0.05) is 40.5 Å². The number of aromatic nitrogens is 1. The molecule has 0 aliphatic carbocycles. The number of para-hydroxylation sites is 1. The lowest BCUT2D eigenvalue weighted by atomic mass is 10.1. The number of nitro benzene ring substituents is 1. The molecule has 0 aliphatic rings. The number of aryl methyl sites for hydroxylation is 1. The number of nitrogens with zero attached hydrogens (tertiary/aromatic N) is 2. The van der Waals surface area contributed by atoms with Gasteiger partial charge in [-0.15, -0.1) is 0 Å². The van der Waals surface area contributed by atoms with Gasteiger partial charge in [-0.3, -0.25) is 10.1 Å². The molecule has 2 aromatic carbocycles. The zero-order valence-electron chi connectivity index (χ0n) is 14.2. The van der Waals surface area contributed by atoms with Crippen LogP contribution in [0.15, 0.2) is 42.5 Å². The Morgan fingerprint density at radius 2 is 1.62 bits per heavy atom. The maximum Gasteiger partial charge on any atom is 0.270 e. The summed E-state index contributed by atoms with van der Waals surface area (Å²) < 4.78 is 2.31. The Morgan fingerprint density at radius 1 is 0.917 bits per heavy atom. The average Bonchev–Trinajstić information content (AvgIpc) is 2.91. The summed E-state index contributed by atoms with van der Waals surface area (Å²) in [7, 11) is 0. The van der Waals surface area contributed by atoms with Gasteiger partial charge in [-0.25, -0.2) is 0 Å². The lowest BCUT2D eigenvalue weighted by Crippen LogP contribution is -1.98. The van der Waals surface area contributed by atoms with Crippen molar-refractivity contribution >= 4 is 27.5 Å². The highest BCUT2D eigenvalue weighted by Crippen LogP contribution is 2.32. The van der Waals surface area contributed by atoms with E-state index in [0.29, 0.717) is 0 Å². The minimum Gasteiger partial charge on any atom is -0.340 e. The molecule has 0 amide bonds. The molecule has 1 aromatic heterocycles. The number of unbranched alkanes of at least 4 members (excludes halogenated alkanes) is 5. The van der Waals surface area contributed by atoms with Crippen molar-refractivity contribution in [3.8, 4) is 0 Å². The van der Waals surface area contributed by atoms with Crippen molar-refractivity contribution in [2.45, 2.75) is 52.0 Å². The van der Waals surface area contributed by atoms with Crippen LogP contribution in [0, 0.1) is 10.1 Å². The van der Waals surface area contributed by atoms with E-state index in [4.69, 9.17) is 0 Å². The van der Waals surface area contributed by atoms with Crippen LogP contribution in [0.3, 0.4) is 0 Å². The molecule has 0 atom stereocenters. The molecule has 0 fully saturated rings. The fourth-order valence-corrected chi connectivity index (χ4v) is 3.45. The normalized spacial score (nSPS) is 11.4. The molecular weight excluding hydrogens is 300 g/mol. The van der Waals surface area contributed by atoms with Gasteiger partial charge in [-0.2, -0.15) is 0 Å². The van der Waals surface area contributed by atoms with Gasteiger partial charge in [0.05, 0.1) is 4.92 Å². The van der Waals surface area contributed by atoms with Crippen LogP contribution in [0.25, 0.3) is 21.8 Å². The van der Waals surface area contributed by atoms with Crippen molar-refractivity contribution < 1.29 is 4.92 Å². The highest BCUT2D eigenvalue weighted by Gasteiger charge is 2.14. The Morgan fingerprint density at radius 3 is 2.42 bits per heavy atom. The predicted molar refractivity (Wildman–Crippen MR) is 99.5 cm³/mol. The molecule has 0 saturated carbocycles. The van der Waals surface area contributed by atoms with Crippen LogP contribution in [-0.2, 0) is 6.54 Å². The fourth-order valence-electron chi connectivity index (χ4n) is 3.45. The third kappa shape index (κ3) is 3.28. The third-order valence-electron chi connectivity index (χ3n) is 4.70. The predicted octanol–water partition coefficient (Wildman–Crippen LogP) is 6.06. The molecule has 0 N–H and O–H groups in total. The SMILES string of the molecule is CCCCCCCCn1c2ccccc2c2cc([N+](=O)[O-])ccc21. The lowest BCUT2D eigenvalue weighted by molar-refractivity contribution is -0.384. The van der Waals surface area contributed by atoms with Gasteiger partial charge in [-0.05, 0) is 18.6 Å². The maximum atomic E-state index is 11.1. The van der Waals surface area contributed by atoms with E-state index in [9.17, 15) is 10.1 Å². The van der Waals surface area contributed by atoms with E-state index >= 15 is 0 Å². The van der Waals surface area contributed by atoms with Gasteiger partial charge in [0.15, 0.2) is 0 Å². The monoisotopic (exact) mass is 324 g/mol. The Kier molecular flexibility index (Phi) is 5.14. The first-order valence-corrected chi connectivity index (χ1v) is 8.87. The molecule has 0 bridgehead atoms. The van der Waals surface area contributed by atoms with Gasteiger partial charge in [0.1, 0.15) is 0 Å². The first-order chi connectivity index (χ1) is 11.7. The van der Waals surface area contributed by atoms with Gasteiger partial charge in [0.2, 0.25) is 0 Å². The van der Waals surface area contributed by atoms with Crippen LogP contribution in [0.5, 0.6) is 0 Å². The van der Waals surface area contributed by atoms with Crippen LogP contribution in [0.4, 0.5) is 5.69 Å². The molecule has 0 saturated heterocycles. The highest BCUT2D eigenvalue weighted by atomic mass is 16.6. The quantitative estimate of drug-likeness (QED) is 0.287. The minimum absolute atomic E-state index is 0.157. The Labute approximate surface area is 142 Å². The number of non-ortho nitro benzene ring substituents is 1. The molecule has 0 aliphatic heterocycles. The number of fused-ring (bicyclic) bond motifs is 3.